The Hall–Kier alpha value is -3.77. The summed E-state index contributed by atoms with van der Waals surface area (Å²) in [5.41, 5.74) is 1.35. The molecule has 144 valence electrons. The molecule has 1 saturated heterocycles. The minimum Gasteiger partial charge on any atom is -0.343 e. The number of hydrogen-bond acceptors (Lipinski definition) is 6. The highest BCUT2D eigenvalue weighted by molar-refractivity contribution is 5.79. The lowest BCUT2D eigenvalue weighted by atomic mass is 10.1. The van der Waals surface area contributed by atoms with Crippen LogP contribution in [0.1, 0.15) is 23.7 Å². The number of aryl methyl sites for hydroxylation is 1. The van der Waals surface area contributed by atoms with E-state index in [2.05, 4.69) is 20.3 Å². The lowest BCUT2D eigenvalue weighted by molar-refractivity contribution is 0.532. The molecule has 9 nitrogen and oxygen atoms in total. The summed E-state index contributed by atoms with van der Waals surface area (Å²) in [4.78, 5) is 37.4. The fraction of sp³-hybridized carbons (Fsp3) is 0.250. The molecule has 0 aliphatic carbocycles. The monoisotopic (exact) mass is 387 g/mol. The molecule has 1 unspecified atom stereocenters. The summed E-state index contributed by atoms with van der Waals surface area (Å²) in [6.07, 6.45) is 7.49. The van der Waals surface area contributed by atoms with Gasteiger partial charge in [0.15, 0.2) is 5.82 Å². The Labute approximate surface area is 164 Å². The number of nitrogens with zero attached hydrogens (tertiary/aromatic N) is 5. The summed E-state index contributed by atoms with van der Waals surface area (Å²) in [7, 11) is 0. The highest BCUT2D eigenvalue weighted by Crippen LogP contribution is 2.19. The number of fused-ring (bicyclic) bond motifs is 2. The van der Waals surface area contributed by atoms with Crippen LogP contribution in [0.4, 0.5) is 0 Å². The van der Waals surface area contributed by atoms with E-state index in [1.165, 1.54) is 6.20 Å². The molecule has 0 spiro atoms. The number of pyridine rings is 2. The normalized spacial score (nSPS) is 16.5. The van der Waals surface area contributed by atoms with Crippen molar-refractivity contribution in [2.45, 2.75) is 19.4 Å². The van der Waals surface area contributed by atoms with Gasteiger partial charge in [-0.2, -0.15) is 5.26 Å². The number of imidazole rings is 1. The Kier molecular flexibility index (Phi) is 3.82. The molecule has 0 radical (unpaired) electrons. The summed E-state index contributed by atoms with van der Waals surface area (Å²) in [5, 5.41) is 13.1. The Morgan fingerprint density at radius 2 is 2.17 bits per heavy atom. The number of aromatic amines is 1. The zero-order valence-corrected chi connectivity index (χ0v) is 15.6. The molecule has 5 heterocycles. The molecule has 4 aromatic heterocycles. The topological polar surface area (TPSA) is 121 Å². The summed E-state index contributed by atoms with van der Waals surface area (Å²) in [6, 6.07) is 3.85. The number of hydrogen-bond donors (Lipinski definition) is 2. The molecular weight excluding hydrogens is 370 g/mol. The van der Waals surface area contributed by atoms with Crippen molar-refractivity contribution >= 4 is 16.6 Å². The number of nitriles is 1. The highest BCUT2D eigenvalue weighted by Gasteiger charge is 2.20. The maximum atomic E-state index is 12.9. The van der Waals surface area contributed by atoms with Gasteiger partial charge in [0.25, 0.3) is 5.56 Å². The van der Waals surface area contributed by atoms with Gasteiger partial charge in [-0.1, -0.05) is 0 Å². The Bertz CT molecular complexity index is 1430. The van der Waals surface area contributed by atoms with Crippen LogP contribution in [0.2, 0.25) is 0 Å². The van der Waals surface area contributed by atoms with E-state index in [0.717, 1.165) is 25.2 Å². The van der Waals surface area contributed by atoms with Crippen LogP contribution in [-0.2, 0) is 0 Å². The molecule has 29 heavy (non-hydrogen) atoms. The van der Waals surface area contributed by atoms with E-state index < -0.39 is 5.43 Å². The van der Waals surface area contributed by atoms with Crippen LogP contribution in [0.25, 0.3) is 27.9 Å². The minimum atomic E-state index is -0.445. The maximum absolute atomic E-state index is 12.9. The molecule has 2 N–H and O–H groups in total. The Morgan fingerprint density at radius 1 is 1.31 bits per heavy atom. The van der Waals surface area contributed by atoms with Gasteiger partial charge in [-0.05, 0) is 26.0 Å². The van der Waals surface area contributed by atoms with Gasteiger partial charge in [-0.3, -0.25) is 9.59 Å². The van der Waals surface area contributed by atoms with Crippen molar-refractivity contribution in [3.63, 3.8) is 0 Å². The number of rotatable bonds is 2. The van der Waals surface area contributed by atoms with Crippen molar-refractivity contribution in [3.8, 4) is 17.5 Å². The average Bonchev–Trinajstić information content (AvgIpc) is 3.37. The van der Waals surface area contributed by atoms with Crippen molar-refractivity contribution < 1.29 is 0 Å². The number of nitrogens with one attached hydrogen (secondary N) is 2. The number of H-pyrrole nitrogens is 1. The first-order valence-electron chi connectivity index (χ1n) is 9.30. The van der Waals surface area contributed by atoms with E-state index in [0.29, 0.717) is 16.6 Å². The summed E-state index contributed by atoms with van der Waals surface area (Å²) >= 11 is 0. The van der Waals surface area contributed by atoms with E-state index >= 15 is 0 Å². The molecule has 0 saturated carbocycles. The second-order valence-electron chi connectivity index (χ2n) is 7.22. The summed E-state index contributed by atoms with van der Waals surface area (Å²) in [5.74, 6) is 0.187. The fourth-order valence-corrected chi connectivity index (χ4v) is 3.89. The molecular formula is C20H17N7O2. The van der Waals surface area contributed by atoms with Crippen LogP contribution in [0.15, 0.2) is 40.4 Å². The van der Waals surface area contributed by atoms with Gasteiger partial charge in [-0.25, -0.2) is 9.97 Å². The summed E-state index contributed by atoms with van der Waals surface area (Å²) < 4.78 is 3.39. The Morgan fingerprint density at radius 3 is 2.93 bits per heavy atom. The lowest BCUT2D eigenvalue weighted by Crippen LogP contribution is -2.26. The van der Waals surface area contributed by atoms with Crippen LogP contribution in [0.3, 0.4) is 0 Å². The van der Waals surface area contributed by atoms with Gasteiger partial charge < -0.3 is 19.3 Å². The van der Waals surface area contributed by atoms with Gasteiger partial charge in [0.05, 0.1) is 22.5 Å². The lowest BCUT2D eigenvalue weighted by Gasteiger charge is -2.13. The van der Waals surface area contributed by atoms with Crippen LogP contribution in [-0.4, -0.2) is 37.0 Å². The number of aromatic nitrogens is 5. The first-order chi connectivity index (χ1) is 14.1. The molecule has 0 aromatic carbocycles. The van der Waals surface area contributed by atoms with Gasteiger partial charge >= 0.3 is 0 Å². The van der Waals surface area contributed by atoms with Gasteiger partial charge in [-0.15, -0.1) is 0 Å². The molecule has 1 fully saturated rings. The molecule has 1 aliphatic heterocycles. The largest absolute Gasteiger partial charge is 0.343 e. The van der Waals surface area contributed by atoms with Crippen molar-refractivity contribution in [2.24, 2.45) is 0 Å². The molecule has 9 heteroatoms. The van der Waals surface area contributed by atoms with Crippen molar-refractivity contribution in [1.82, 2.24) is 29.2 Å². The molecule has 1 atom stereocenters. The first kappa shape index (κ1) is 17.3. The average molecular weight is 387 g/mol. The summed E-state index contributed by atoms with van der Waals surface area (Å²) in [6.45, 7) is 3.49. The molecule has 5 rings (SSSR count). The zero-order chi connectivity index (χ0) is 20.1. The highest BCUT2D eigenvalue weighted by atomic mass is 16.1. The zero-order valence-electron chi connectivity index (χ0n) is 15.6. The van der Waals surface area contributed by atoms with Crippen LogP contribution < -0.4 is 16.3 Å². The predicted octanol–water partition coefficient (Wildman–Crippen LogP) is 1.11. The van der Waals surface area contributed by atoms with Crippen LogP contribution in [0.5, 0.6) is 0 Å². The van der Waals surface area contributed by atoms with E-state index in [4.69, 9.17) is 0 Å². The molecule has 0 bridgehead atoms. The van der Waals surface area contributed by atoms with Crippen molar-refractivity contribution in [3.05, 3.63) is 62.7 Å². The first-order valence-corrected chi connectivity index (χ1v) is 9.30. The molecule has 1 aliphatic rings. The SMILES string of the molecule is Cc1cn2cc(-c3ncc4c(=O)n(C5CCNC5)ccc4n3)c(=O)c(C#N)c2[nH]1. The van der Waals surface area contributed by atoms with E-state index in [1.54, 1.807) is 33.6 Å². The van der Waals surface area contributed by atoms with E-state index in [-0.39, 0.29) is 28.6 Å². The molecule has 4 aromatic rings. The predicted molar refractivity (Wildman–Crippen MR) is 107 cm³/mol. The fourth-order valence-electron chi connectivity index (χ4n) is 3.89. The van der Waals surface area contributed by atoms with Gasteiger partial charge in [0.2, 0.25) is 5.43 Å². The third-order valence-corrected chi connectivity index (χ3v) is 5.34. The van der Waals surface area contributed by atoms with Gasteiger partial charge in [0, 0.05) is 37.0 Å². The standard InChI is InChI=1S/C20H17N7O2/c1-11-9-26-10-15(17(28)13(6-21)19(26)24-11)18-23-8-14-16(25-18)3-5-27(20(14)29)12-2-4-22-7-12/h3,5,8-10,12,22,24H,2,4,7H2,1H3. The third-order valence-electron chi connectivity index (χ3n) is 5.34. The van der Waals surface area contributed by atoms with Crippen LogP contribution in [0, 0.1) is 18.3 Å². The van der Waals surface area contributed by atoms with Crippen molar-refractivity contribution in [2.75, 3.05) is 13.1 Å². The van der Waals surface area contributed by atoms with E-state index in [1.807, 2.05) is 13.0 Å². The smallest absolute Gasteiger partial charge is 0.261 e. The maximum Gasteiger partial charge on any atom is 0.261 e. The quantitative estimate of drug-likeness (QED) is 0.532. The van der Waals surface area contributed by atoms with E-state index in [9.17, 15) is 14.9 Å². The third kappa shape index (κ3) is 2.65. The Balaban J connectivity index is 1.69. The van der Waals surface area contributed by atoms with Crippen LogP contribution >= 0.6 is 0 Å². The van der Waals surface area contributed by atoms with Gasteiger partial charge in [0.1, 0.15) is 17.3 Å². The molecule has 0 amide bonds. The minimum absolute atomic E-state index is 0.00319. The second-order valence-corrected chi connectivity index (χ2v) is 7.22. The van der Waals surface area contributed by atoms with Crippen molar-refractivity contribution in [1.29, 1.82) is 5.26 Å². The second kappa shape index (κ2) is 6.39.